The van der Waals surface area contributed by atoms with Gasteiger partial charge in [0.1, 0.15) is 0 Å². The Hall–Kier alpha value is -4.10. The summed E-state index contributed by atoms with van der Waals surface area (Å²) in [5, 5.41) is 3.37. The molecule has 0 aliphatic carbocycles. The van der Waals surface area contributed by atoms with E-state index < -0.39 is 5.97 Å². The van der Waals surface area contributed by atoms with Crippen LogP contribution < -0.4 is 5.32 Å². The predicted molar refractivity (Wildman–Crippen MR) is 135 cm³/mol. The standard InChI is InChI=1S/C28H24N2O4S/c1-2-34-28(33)22-17-23(25(31)20-13-7-4-8-14-20)30-27(22)35-24-16-10-9-15-21(24)26(32)29-18-19-11-5-3-6-12-19/h3-17,30H,2,18H2,1H3,(H,29,32). The Morgan fingerprint density at radius 2 is 1.51 bits per heavy atom. The first-order chi connectivity index (χ1) is 17.1. The minimum atomic E-state index is -0.538. The first-order valence-electron chi connectivity index (χ1n) is 11.2. The number of esters is 1. The largest absolute Gasteiger partial charge is 0.462 e. The zero-order valence-corrected chi connectivity index (χ0v) is 19.9. The molecule has 0 saturated carbocycles. The molecule has 0 saturated heterocycles. The molecular formula is C28H24N2O4S. The summed E-state index contributed by atoms with van der Waals surface area (Å²) >= 11 is 1.21. The number of carbonyl (C=O) groups excluding carboxylic acids is 3. The molecule has 1 heterocycles. The SMILES string of the molecule is CCOC(=O)c1cc(C(=O)c2ccccc2)[nH]c1Sc1ccccc1C(=O)NCc1ccccc1. The third kappa shape index (κ3) is 5.88. The average Bonchev–Trinajstić information content (AvgIpc) is 3.32. The maximum absolute atomic E-state index is 13.0. The van der Waals surface area contributed by atoms with Crippen molar-refractivity contribution in [2.45, 2.75) is 23.4 Å². The number of amides is 1. The van der Waals surface area contributed by atoms with Gasteiger partial charge in [0.15, 0.2) is 0 Å². The van der Waals surface area contributed by atoms with Gasteiger partial charge in [0.2, 0.25) is 5.78 Å². The van der Waals surface area contributed by atoms with Gasteiger partial charge in [0.25, 0.3) is 5.91 Å². The van der Waals surface area contributed by atoms with E-state index in [0.29, 0.717) is 27.6 Å². The van der Waals surface area contributed by atoms with Gasteiger partial charge in [-0.2, -0.15) is 0 Å². The normalized spacial score (nSPS) is 10.5. The van der Waals surface area contributed by atoms with Crippen molar-refractivity contribution in [2.75, 3.05) is 6.61 Å². The number of hydrogen-bond donors (Lipinski definition) is 2. The van der Waals surface area contributed by atoms with Crippen molar-refractivity contribution in [3.05, 3.63) is 119 Å². The highest BCUT2D eigenvalue weighted by molar-refractivity contribution is 7.99. The van der Waals surface area contributed by atoms with E-state index in [1.54, 1.807) is 49.4 Å². The van der Waals surface area contributed by atoms with Crippen LogP contribution in [0.15, 0.2) is 101 Å². The van der Waals surface area contributed by atoms with Crippen LogP contribution in [0, 0.1) is 0 Å². The second kappa shape index (κ2) is 11.4. The lowest BCUT2D eigenvalue weighted by Gasteiger charge is -2.10. The fourth-order valence-electron chi connectivity index (χ4n) is 3.47. The Kier molecular flexibility index (Phi) is 7.80. The number of rotatable bonds is 9. The van der Waals surface area contributed by atoms with Gasteiger partial charge in [-0.1, -0.05) is 84.6 Å². The fourth-order valence-corrected chi connectivity index (χ4v) is 4.52. The van der Waals surface area contributed by atoms with Crippen LogP contribution in [0.3, 0.4) is 0 Å². The lowest BCUT2D eigenvalue weighted by molar-refractivity contribution is 0.0522. The van der Waals surface area contributed by atoms with Crippen LogP contribution in [-0.2, 0) is 11.3 Å². The fraction of sp³-hybridized carbons (Fsp3) is 0.107. The number of nitrogens with one attached hydrogen (secondary N) is 2. The van der Waals surface area contributed by atoms with E-state index >= 15 is 0 Å². The van der Waals surface area contributed by atoms with Gasteiger partial charge in [0.05, 0.1) is 28.5 Å². The number of aromatic nitrogens is 1. The van der Waals surface area contributed by atoms with E-state index in [1.807, 2.05) is 42.5 Å². The zero-order chi connectivity index (χ0) is 24.6. The molecule has 35 heavy (non-hydrogen) atoms. The summed E-state index contributed by atoms with van der Waals surface area (Å²) in [5.74, 6) is -1.01. The van der Waals surface area contributed by atoms with Crippen molar-refractivity contribution < 1.29 is 19.1 Å². The van der Waals surface area contributed by atoms with Crippen LogP contribution in [0.4, 0.5) is 0 Å². The third-order valence-electron chi connectivity index (χ3n) is 5.20. The Balaban J connectivity index is 1.61. The highest BCUT2D eigenvalue weighted by Crippen LogP contribution is 2.33. The Bertz CT molecular complexity index is 1330. The second-order valence-electron chi connectivity index (χ2n) is 7.61. The van der Waals surface area contributed by atoms with Crippen molar-refractivity contribution in [2.24, 2.45) is 0 Å². The smallest absolute Gasteiger partial charge is 0.340 e. The van der Waals surface area contributed by atoms with Crippen molar-refractivity contribution in [3.8, 4) is 0 Å². The summed E-state index contributed by atoms with van der Waals surface area (Å²) < 4.78 is 5.21. The maximum atomic E-state index is 13.0. The van der Waals surface area contributed by atoms with Gasteiger partial charge < -0.3 is 15.0 Å². The Morgan fingerprint density at radius 1 is 0.857 bits per heavy atom. The average molecular weight is 485 g/mol. The molecular weight excluding hydrogens is 460 g/mol. The summed E-state index contributed by atoms with van der Waals surface area (Å²) in [6, 6.07) is 27.1. The minimum Gasteiger partial charge on any atom is -0.462 e. The first-order valence-corrected chi connectivity index (χ1v) is 12.0. The molecule has 0 fully saturated rings. The van der Waals surface area contributed by atoms with Crippen molar-refractivity contribution in [1.29, 1.82) is 0 Å². The summed E-state index contributed by atoms with van der Waals surface area (Å²) in [6.07, 6.45) is 0. The monoisotopic (exact) mass is 484 g/mol. The van der Waals surface area contributed by atoms with Crippen LogP contribution in [-0.4, -0.2) is 29.3 Å². The molecule has 0 spiro atoms. The van der Waals surface area contributed by atoms with Gasteiger partial charge in [-0.3, -0.25) is 9.59 Å². The number of benzene rings is 3. The quantitative estimate of drug-likeness (QED) is 0.242. The summed E-state index contributed by atoms with van der Waals surface area (Å²) in [6.45, 7) is 2.32. The molecule has 0 aliphatic heterocycles. The van der Waals surface area contributed by atoms with E-state index in [1.165, 1.54) is 17.8 Å². The number of ether oxygens (including phenoxy) is 1. The van der Waals surface area contributed by atoms with Crippen LogP contribution in [0.5, 0.6) is 0 Å². The second-order valence-corrected chi connectivity index (χ2v) is 8.66. The summed E-state index contributed by atoms with van der Waals surface area (Å²) in [4.78, 5) is 42.3. The lowest BCUT2D eigenvalue weighted by atomic mass is 10.1. The van der Waals surface area contributed by atoms with Gasteiger partial charge in [-0.25, -0.2) is 4.79 Å². The zero-order valence-electron chi connectivity index (χ0n) is 19.1. The molecule has 3 aromatic carbocycles. The molecule has 4 aromatic rings. The molecule has 1 amide bonds. The predicted octanol–water partition coefficient (Wildman–Crippen LogP) is 5.50. The Morgan fingerprint density at radius 3 is 2.23 bits per heavy atom. The number of hydrogen-bond acceptors (Lipinski definition) is 5. The van der Waals surface area contributed by atoms with Crippen LogP contribution in [0.1, 0.15) is 49.3 Å². The topological polar surface area (TPSA) is 88.3 Å². The number of ketones is 1. The van der Waals surface area contributed by atoms with Crippen molar-refractivity contribution >= 4 is 29.4 Å². The van der Waals surface area contributed by atoms with Crippen LogP contribution in [0.2, 0.25) is 0 Å². The summed E-state index contributed by atoms with van der Waals surface area (Å²) in [5.41, 5.74) is 2.47. The molecule has 1 aromatic heterocycles. The minimum absolute atomic E-state index is 0.203. The molecule has 0 unspecified atom stereocenters. The van der Waals surface area contributed by atoms with Crippen molar-refractivity contribution in [1.82, 2.24) is 10.3 Å². The maximum Gasteiger partial charge on any atom is 0.340 e. The van der Waals surface area contributed by atoms with E-state index in [-0.39, 0.29) is 29.6 Å². The van der Waals surface area contributed by atoms with Gasteiger partial charge >= 0.3 is 5.97 Å². The molecule has 2 N–H and O–H groups in total. The summed E-state index contributed by atoms with van der Waals surface area (Å²) in [7, 11) is 0. The van der Waals surface area contributed by atoms with Crippen molar-refractivity contribution in [3.63, 3.8) is 0 Å². The highest BCUT2D eigenvalue weighted by Gasteiger charge is 2.23. The Labute approximate surface area is 207 Å². The first kappa shape index (κ1) is 24.0. The molecule has 4 rings (SSSR count). The highest BCUT2D eigenvalue weighted by atomic mass is 32.2. The molecule has 176 valence electrons. The van der Waals surface area contributed by atoms with E-state index in [2.05, 4.69) is 10.3 Å². The molecule has 6 nitrogen and oxygen atoms in total. The molecule has 7 heteroatoms. The number of H-pyrrole nitrogens is 1. The molecule has 0 atom stereocenters. The van der Waals surface area contributed by atoms with Gasteiger partial charge in [-0.05, 0) is 30.7 Å². The lowest BCUT2D eigenvalue weighted by Crippen LogP contribution is -2.23. The van der Waals surface area contributed by atoms with Crippen LogP contribution >= 0.6 is 11.8 Å². The molecule has 0 radical (unpaired) electrons. The van der Waals surface area contributed by atoms with Gasteiger partial charge in [0, 0.05) is 17.0 Å². The van der Waals surface area contributed by atoms with E-state index in [9.17, 15) is 14.4 Å². The van der Waals surface area contributed by atoms with E-state index in [0.717, 1.165) is 5.56 Å². The number of aromatic amines is 1. The molecule has 0 bridgehead atoms. The molecule has 0 aliphatic rings. The van der Waals surface area contributed by atoms with E-state index in [4.69, 9.17) is 4.74 Å². The van der Waals surface area contributed by atoms with Crippen LogP contribution in [0.25, 0.3) is 0 Å². The number of carbonyl (C=O) groups is 3. The van der Waals surface area contributed by atoms with Gasteiger partial charge in [-0.15, -0.1) is 0 Å². The third-order valence-corrected chi connectivity index (χ3v) is 6.30.